The lowest BCUT2D eigenvalue weighted by Gasteiger charge is -2.07. The molecule has 0 atom stereocenters. The molecular weight excluding hydrogens is 370 g/mol. The van der Waals surface area contributed by atoms with Gasteiger partial charge in [-0.2, -0.15) is 0 Å². The number of rotatable bonds is 5. The third kappa shape index (κ3) is 3.63. The molecular formula is C20H19N7S. The molecule has 8 heteroatoms. The van der Waals surface area contributed by atoms with Crippen LogP contribution in [0.2, 0.25) is 0 Å². The summed E-state index contributed by atoms with van der Waals surface area (Å²) in [5.41, 5.74) is 2.47. The van der Waals surface area contributed by atoms with Crippen molar-refractivity contribution < 1.29 is 0 Å². The fraction of sp³-hybridized carbons (Fsp3) is 0.250. The molecule has 0 bridgehead atoms. The minimum Gasteiger partial charge on any atom is -0.339 e. The van der Waals surface area contributed by atoms with Crippen molar-refractivity contribution in [2.24, 2.45) is 0 Å². The van der Waals surface area contributed by atoms with E-state index in [1.807, 2.05) is 36.4 Å². The summed E-state index contributed by atoms with van der Waals surface area (Å²) in [6, 6.07) is 11.6. The van der Waals surface area contributed by atoms with Crippen LogP contribution in [0.1, 0.15) is 36.6 Å². The van der Waals surface area contributed by atoms with Crippen molar-refractivity contribution in [1.82, 2.24) is 25.1 Å². The quantitative estimate of drug-likeness (QED) is 0.495. The zero-order chi connectivity index (χ0) is 18.8. The molecule has 4 aromatic heterocycles. The Hall–Kier alpha value is -3.13. The van der Waals surface area contributed by atoms with Crippen molar-refractivity contribution >= 4 is 44.8 Å². The van der Waals surface area contributed by atoms with Gasteiger partial charge >= 0.3 is 0 Å². The fourth-order valence-corrected chi connectivity index (χ4v) is 4.38. The van der Waals surface area contributed by atoms with E-state index in [0.29, 0.717) is 5.92 Å². The molecule has 5 rings (SSSR count). The standard InChI is InChI=1S/C20H19N7S/c1-2-6-13(5-1)19-26-27-20(28-19)25-18-9-8-15-16(24-18)11-14(12-22-15)23-17-7-3-4-10-21-17/h3-4,7-13H,1-2,5-6H2,(H,21,23)(H,24,25,27). The van der Waals surface area contributed by atoms with Gasteiger partial charge < -0.3 is 10.6 Å². The molecule has 4 heterocycles. The Balaban J connectivity index is 1.36. The summed E-state index contributed by atoms with van der Waals surface area (Å²) in [5.74, 6) is 2.08. The molecule has 2 N–H and O–H groups in total. The Labute approximate surface area is 166 Å². The molecule has 1 aliphatic rings. The van der Waals surface area contributed by atoms with E-state index in [1.54, 1.807) is 23.7 Å². The van der Waals surface area contributed by atoms with Crippen molar-refractivity contribution in [3.63, 3.8) is 0 Å². The maximum Gasteiger partial charge on any atom is 0.211 e. The number of nitrogens with one attached hydrogen (secondary N) is 2. The van der Waals surface area contributed by atoms with Crippen LogP contribution in [0.5, 0.6) is 0 Å². The van der Waals surface area contributed by atoms with E-state index in [0.717, 1.165) is 38.5 Å². The van der Waals surface area contributed by atoms with Crippen molar-refractivity contribution in [2.75, 3.05) is 10.6 Å². The van der Waals surface area contributed by atoms with Crippen molar-refractivity contribution in [1.29, 1.82) is 0 Å². The first-order chi connectivity index (χ1) is 13.8. The van der Waals surface area contributed by atoms with Gasteiger partial charge in [0, 0.05) is 12.1 Å². The van der Waals surface area contributed by atoms with Crippen LogP contribution in [0.25, 0.3) is 11.0 Å². The molecule has 28 heavy (non-hydrogen) atoms. The predicted molar refractivity (Wildman–Crippen MR) is 111 cm³/mol. The Bertz CT molecular complexity index is 1090. The van der Waals surface area contributed by atoms with Crippen molar-refractivity contribution in [3.8, 4) is 0 Å². The van der Waals surface area contributed by atoms with E-state index in [2.05, 4.69) is 35.8 Å². The molecule has 1 fully saturated rings. The highest BCUT2D eigenvalue weighted by atomic mass is 32.1. The van der Waals surface area contributed by atoms with Gasteiger partial charge in [-0.25, -0.2) is 9.97 Å². The molecule has 0 saturated heterocycles. The summed E-state index contributed by atoms with van der Waals surface area (Å²) >= 11 is 1.63. The van der Waals surface area contributed by atoms with Crippen LogP contribution < -0.4 is 10.6 Å². The third-order valence-electron chi connectivity index (χ3n) is 4.85. The lowest BCUT2D eigenvalue weighted by atomic mass is 10.1. The SMILES string of the molecule is c1ccc(Nc2cnc3ccc(Nc4nnc(C5CCCC5)s4)nc3c2)nc1. The number of fused-ring (bicyclic) bond motifs is 1. The van der Waals surface area contributed by atoms with Gasteiger partial charge in [-0.15, -0.1) is 10.2 Å². The maximum absolute atomic E-state index is 4.68. The number of hydrogen-bond donors (Lipinski definition) is 2. The Morgan fingerprint density at radius 1 is 0.893 bits per heavy atom. The summed E-state index contributed by atoms with van der Waals surface area (Å²) in [5, 5.41) is 17.1. The normalized spacial score (nSPS) is 14.4. The number of pyridine rings is 3. The molecule has 1 aliphatic carbocycles. The highest BCUT2D eigenvalue weighted by molar-refractivity contribution is 7.15. The van der Waals surface area contributed by atoms with Gasteiger partial charge in [0.2, 0.25) is 5.13 Å². The Kier molecular flexibility index (Phi) is 4.54. The third-order valence-corrected chi connectivity index (χ3v) is 5.86. The molecule has 7 nitrogen and oxygen atoms in total. The van der Waals surface area contributed by atoms with Crippen LogP contribution >= 0.6 is 11.3 Å². The first-order valence-electron chi connectivity index (χ1n) is 9.39. The van der Waals surface area contributed by atoms with E-state index in [4.69, 9.17) is 0 Å². The minimum atomic E-state index is 0.571. The van der Waals surface area contributed by atoms with Gasteiger partial charge in [-0.1, -0.05) is 30.2 Å². The molecule has 1 saturated carbocycles. The summed E-state index contributed by atoms with van der Waals surface area (Å²) in [7, 11) is 0. The predicted octanol–water partition coefficient (Wildman–Crippen LogP) is 5.02. The van der Waals surface area contributed by atoms with Gasteiger partial charge in [0.05, 0.1) is 22.9 Å². The molecule has 0 radical (unpaired) electrons. The molecule has 0 aliphatic heterocycles. The van der Waals surface area contributed by atoms with Crippen molar-refractivity contribution in [3.05, 3.63) is 53.8 Å². The van der Waals surface area contributed by atoms with Gasteiger partial charge in [0.15, 0.2) is 0 Å². The smallest absolute Gasteiger partial charge is 0.211 e. The first-order valence-corrected chi connectivity index (χ1v) is 10.2. The van der Waals surface area contributed by atoms with E-state index in [1.165, 1.54) is 25.7 Å². The van der Waals surface area contributed by atoms with Crippen LogP contribution in [0.4, 0.5) is 22.5 Å². The zero-order valence-corrected chi connectivity index (χ0v) is 16.0. The lowest BCUT2D eigenvalue weighted by Crippen LogP contribution is -1.96. The van der Waals surface area contributed by atoms with Gasteiger partial charge in [0.1, 0.15) is 16.6 Å². The van der Waals surface area contributed by atoms with E-state index in [9.17, 15) is 0 Å². The molecule has 0 amide bonds. The number of aromatic nitrogens is 5. The molecule has 0 spiro atoms. The monoisotopic (exact) mass is 389 g/mol. The average molecular weight is 389 g/mol. The molecule has 4 aromatic rings. The lowest BCUT2D eigenvalue weighted by molar-refractivity contribution is 0.705. The summed E-state index contributed by atoms with van der Waals surface area (Å²) in [6.07, 6.45) is 8.56. The van der Waals surface area contributed by atoms with Crippen LogP contribution in [0.15, 0.2) is 48.8 Å². The highest BCUT2D eigenvalue weighted by Crippen LogP contribution is 2.36. The molecule has 140 valence electrons. The number of hydrogen-bond acceptors (Lipinski definition) is 8. The van der Waals surface area contributed by atoms with E-state index < -0.39 is 0 Å². The zero-order valence-electron chi connectivity index (χ0n) is 15.2. The Morgan fingerprint density at radius 3 is 2.68 bits per heavy atom. The number of anilines is 4. The van der Waals surface area contributed by atoms with E-state index >= 15 is 0 Å². The van der Waals surface area contributed by atoms with Gasteiger partial charge in [-0.3, -0.25) is 4.98 Å². The van der Waals surface area contributed by atoms with Crippen LogP contribution in [-0.2, 0) is 0 Å². The topological polar surface area (TPSA) is 88.5 Å². The second kappa shape index (κ2) is 7.47. The summed E-state index contributed by atoms with van der Waals surface area (Å²) < 4.78 is 0. The van der Waals surface area contributed by atoms with Crippen LogP contribution in [0, 0.1) is 0 Å². The van der Waals surface area contributed by atoms with Gasteiger partial charge in [-0.05, 0) is 43.2 Å². The van der Waals surface area contributed by atoms with Crippen LogP contribution in [-0.4, -0.2) is 25.1 Å². The van der Waals surface area contributed by atoms with Crippen LogP contribution in [0.3, 0.4) is 0 Å². The summed E-state index contributed by atoms with van der Waals surface area (Å²) in [6.45, 7) is 0. The molecule has 0 aromatic carbocycles. The maximum atomic E-state index is 4.68. The Morgan fingerprint density at radius 2 is 1.82 bits per heavy atom. The average Bonchev–Trinajstić information content (AvgIpc) is 3.40. The molecule has 0 unspecified atom stereocenters. The summed E-state index contributed by atoms with van der Waals surface area (Å²) in [4.78, 5) is 13.4. The first kappa shape index (κ1) is 17.0. The second-order valence-electron chi connectivity index (χ2n) is 6.85. The second-order valence-corrected chi connectivity index (χ2v) is 7.86. The van der Waals surface area contributed by atoms with Gasteiger partial charge in [0.25, 0.3) is 0 Å². The largest absolute Gasteiger partial charge is 0.339 e. The fourth-order valence-electron chi connectivity index (χ4n) is 3.46. The van der Waals surface area contributed by atoms with E-state index in [-0.39, 0.29) is 0 Å². The highest BCUT2D eigenvalue weighted by Gasteiger charge is 2.21. The number of nitrogens with zero attached hydrogens (tertiary/aromatic N) is 5. The minimum absolute atomic E-state index is 0.571. The van der Waals surface area contributed by atoms with Crippen molar-refractivity contribution in [2.45, 2.75) is 31.6 Å².